The van der Waals surface area contributed by atoms with Crippen LogP contribution in [0.1, 0.15) is 37.5 Å². The summed E-state index contributed by atoms with van der Waals surface area (Å²) in [5.41, 5.74) is 4.55. The van der Waals surface area contributed by atoms with Crippen LogP contribution in [0.2, 0.25) is 0 Å². The summed E-state index contributed by atoms with van der Waals surface area (Å²) < 4.78 is 0. The molecule has 5 rings (SSSR count). The van der Waals surface area contributed by atoms with Crippen LogP contribution in [-0.2, 0) is 11.8 Å². The van der Waals surface area contributed by atoms with Crippen LogP contribution in [0, 0.1) is 5.92 Å². The summed E-state index contributed by atoms with van der Waals surface area (Å²) in [6, 6.07) is 11.8. The van der Waals surface area contributed by atoms with E-state index in [1.54, 1.807) is 0 Å². The average molecular weight is 284 g/mol. The molecule has 0 amide bonds. The van der Waals surface area contributed by atoms with E-state index in [2.05, 4.69) is 69.3 Å². The highest BCUT2D eigenvalue weighted by molar-refractivity contribution is 6.14. The molecule has 22 heavy (non-hydrogen) atoms. The highest BCUT2D eigenvalue weighted by atomic mass is 14.3. The zero-order valence-electron chi connectivity index (χ0n) is 13.4. The molecular formula is C22H20. The average Bonchev–Trinajstić information content (AvgIpc) is 2.79. The molecule has 0 aromatic heterocycles. The molecule has 2 aliphatic rings. The second kappa shape index (κ2) is 3.81. The first kappa shape index (κ1) is 12.5. The van der Waals surface area contributed by atoms with E-state index in [0.29, 0.717) is 5.92 Å². The lowest BCUT2D eigenvalue weighted by atomic mass is 9.79. The molecule has 3 aromatic rings. The Morgan fingerprint density at radius 1 is 1.05 bits per heavy atom. The van der Waals surface area contributed by atoms with Crippen molar-refractivity contribution in [3.05, 3.63) is 58.3 Å². The van der Waals surface area contributed by atoms with Gasteiger partial charge in [0.15, 0.2) is 0 Å². The van der Waals surface area contributed by atoms with Crippen LogP contribution in [0.4, 0.5) is 0 Å². The van der Waals surface area contributed by atoms with Crippen molar-refractivity contribution in [2.75, 3.05) is 0 Å². The Balaban J connectivity index is 2.07. The Morgan fingerprint density at radius 2 is 1.91 bits per heavy atom. The van der Waals surface area contributed by atoms with E-state index in [-0.39, 0.29) is 5.41 Å². The molecule has 0 radical (unpaired) electrons. The smallest absolute Gasteiger partial charge is 0.00907 e. The van der Waals surface area contributed by atoms with Gasteiger partial charge < -0.3 is 0 Å². The van der Waals surface area contributed by atoms with Crippen molar-refractivity contribution >= 4 is 33.7 Å². The van der Waals surface area contributed by atoms with E-state index in [0.717, 1.165) is 0 Å². The minimum Gasteiger partial charge on any atom is -0.0738 e. The maximum absolute atomic E-state index is 2.44. The number of fused-ring (bicyclic) bond motifs is 2. The lowest BCUT2D eigenvalue weighted by molar-refractivity contribution is 0.690. The van der Waals surface area contributed by atoms with Gasteiger partial charge in [0.1, 0.15) is 0 Å². The van der Waals surface area contributed by atoms with Crippen LogP contribution in [0.5, 0.6) is 0 Å². The van der Waals surface area contributed by atoms with Crippen LogP contribution in [0.3, 0.4) is 0 Å². The number of rotatable bonds is 0. The molecule has 0 saturated carbocycles. The standard InChI is InChI=1S/C22H20/c1-13-10-14-4-5-16-12-17-8-9-22(2,3)21(17)18-7-6-15(11-13)19(14)20(16)18/h4-9,11-13H,10H2,1-3H3. The Bertz CT molecular complexity index is 1030. The summed E-state index contributed by atoms with van der Waals surface area (Å²) >= 11 is 0. The highest BCUT2D eigenvalue weighted by Gasteiger charge is 2.28. The summed E-state index contributed by atoms with van der Waals surface area (Å²) in [5, 5.41) is 7.24. The molecule has 1 atom stereocenters. The van der Waals surface area contributed by atoms with Gasteiger partial charge in [-0.05, 0) is 61.9 Å². The van der Waals surface area contributed by atoms with E-state index < -0.39 is 0 Å². The third-order valence-electron chi connectivity index (χ3n) is 5.51. The molecule has 3 aromatic carbocycles. The summed E-state index contributed by atoms with van der Waals surface area (Å²) in [7, 11) is 0. The van der Waals surface area contributed by atoms with Crippen LogP contribution >= 0.6 is 0 Å². The maximum atomic E-state index is 2.44. The first-order valence-corrected chi connectivity index (χ1v) is 8.27. The van der Waals surface area contributed by atoms with Crippen molar-refractivity contribution in [3.8, 4) is 0 Å². The number of hydrogen-bond acceptors (Lipinski definition) is 0. The molecule has 0 bridgehead atoms. The molecular weight excluding hydrogens is 264 g/mol. The third kappa shape index (κ3) is 1.43. The maximum Gasteiger partial charge on any atom is 0.00907 e. The van der Waals surface area contributed by atoms with Crippen LogP contribution in [0.15, 0.2) is 36.4 Å². The Hall–Kier alpha value is -2.08. The normalized spacial score (nSPS) is 21.3. The molecule has 0 nitrogen and oxygen atoms in total. The second-order valence-electron chi connectivity index (χ2n) is 7.64. The Kier molecular flexibility index (Phi) is 2.16. The molecule has 0 spiro atoms. The van der Waals surface area contributed by atoms with Crippen LogP contribution in [-0.4, -0.2) is 0 Å². The minimum atomic E-state index is 0.134. The molecule has 0 heterocycles. The quantitative estimate of drug-likeness (QED) is 0.545. The topological polar surface area (TPSA) is 0 Å². The van der Waals surface area contributed by atoms with Crippen molar-refractivity contribution in [3.63, 3.8) is 0 Å². The molecule has 0 saturated heterocycles. The number of hydrogen-bond donors (Lipinski definition) is 0. The van der Waals surface area contributed by atoms with Gasteiger partial charge in [-0.25, -0.2) is 0 Å². The SMILES string of the molecule is CC1C=c2ccc3c4c(cc5ccc(c2c53)C1)C=CC4(C)C. The fourth-order valence-electron chi connectivity index (χ4n) is 4.60. The minimum absolute atomic E-state index is 0.134. The van der Waals surface area contributed by atoms with Gasteiger partial charge in [0, 0.05) is 5.41 Å². The van der Waals surface area contributed by atoms with Crippen molar-refractivity contribution in [2.24, 2.45) is 5.92 Å². The first-order chi connectivity index (χ1) is 10.5. The van der Waals surface area contributed by atoms with Gasteiger partial charge in [0.05, 0.1) is 0 Å². The van der Waals surface area contributed by atoms with Gasteiger partial charge in [0.2, 0.25) is 0 Å². The number of benzene rings is 3. The van der Waals surface area contributed by atoms with Crippen molar-refractivity contribution in [1.82, 2.24) is 0 Å². The zero-order valence-corrected chi connectivity index (χ0v) is 13.4. The van der Waals surface area contributed by atoms with Crippen LogP contribution in [0.25, 0.3) is 33.7 Å². The summed E-state index contributed by atoms with van der Waals surface area (Å²) in [5.74, 6) is 0.638. The van der Waals surface area contributed by atoms with Gasteiger partial charge in [0.25, 0.3) is 0 Å². The molecule has 0 N–H and O–H groups in total. The van der Waals surface area contributed by atoms with Gasteiger partial charge in [-0.2, -0.15) is 0 Å². The Labute approximate surface area is 131 Å². The number of allylic oxidation sites excluding steroid dienone is 1. The van der Waals surface area contributed by atoms with Gasteiger partial charge in [-0.15, -0.1) is 0 Å². The predicted octanol–water partition coefficient (Wildman–Crippen LogP) is 4.99. The van der Waals surface area contributed by atoms with E-state index in [9.17, 15) is 0 Å². The van der Waals surface area contributed by atoms with Crippen LogP contribution < -0.4 is 5.22 Å². The molecule has 0 heteroatoms. The summed E-state index contributed by atoms with van der Waals surface area (Å²) in [6.45, 7) is 6.97. The predicted molar refractivity (Wildman–Crippen MR) is 96.1 cm³/mol. The monoisotopic (exact) mass is 284 g/mol. The fraction of sp³-hybridized carbons (Fsp3) is 0.273. The fourth-order valence-corrected chi connectivity index (χ4v) is 4.60. The lowest BCUT2D eigenvalue weighted by Gasteiger charge is -2.24. The molecule has 2 aliphatic carbocycles. The van der Waals surface area contributed by atoms with E-state index in [1.807, 2.05) is 0 Å². The molecule has 0 aliphatic heterocycles. The summed E-state index contributed by atoms with van der Waals surface area (Å²) in [4.78, 5) is 0. The summed E-state index contributed by atoms with van der Waals surface area (Å²) in [6.07, 6.45) is 8.26. The molecule has 1 unspecified atom stereocenters. The van der Waals surface area contributed by atoms with E-state index in [1.165, 1.54) is 49.9 Å². The third-order valence-corrected chi connectivity index (χ3v) is 5.51. The van der Waals surface area contributed by atoms with E-state index in [4.69, 9.17) is 0 Å². The highest BCUT2D eigenvalue weighted by Crippen LogP contribution is 2.43. The van der Waals surface area contributed by atoms with E-state index >= 15 is 0 Å². The zero-order chi connectivity index (χ0) is 15.1. The van der Waals surface area contributed by atoms with Crippen molar-refractivity contribution in [2.45, 2.75) is 32.6 Å². The lowest BCUT2D eigenvalue weighted by Crippen LogP contribution is -2.17. The van der Waals surface area contributed by atoms with Gasteiger partial charge >= 0.3 is 0 Å². The van der Waals surface area contributed by atoms with Crippen molar-refractivity contribution in [1.29, 1.82) is 0 Å². The molecule has 108 valence electrons. The van der Waals surface area contributed by atoms with Gasteiger partial charge in [-0.3, -0.25) is 0 Å². The second-order valence-corrected chi connectivity index (χ2v) is 7.64. The molecule has 0 fully saturated rings. The van der Waals surface area contributed by atoms with Crippen molar-refractivity contribution < 1.29 is 0 Å². The van der Waals surface area contributed by atoms with Gasteiger partial charge in [-0.1, -0.05) is 63.3 Å². The Morgan fingerprint density at radius 3 is 2.77 bits per heavy atom. The largest absolute Gasteiger partial charge is 0.0738 e. The first-order valence-electron chi connectivity index (χ1n) is 8.27.